The number of urea groups is 1. The summed E-state index contributed by atoms with van der Waals surface area (Å²) in [7, 11) is 0. The number of nitrogens with two attached hydrogens (primary N) is 1. The maximum absolute atomic E-state index is 12.4. The van der Waals surface area contributed by atoms with E-state index in [0.717, 1.165) is 19.3 Å². The summed E-state index contributed by atoms with van der Waals surface area (Å²) in [5.74, 6) is -0.364. The van der Waals surface area contributed by atoms with Crippen LogP contribution in [0.2, 0.25) is 0 Å². The van der Waals surface area contributed by atoms with Crippen LogP contribution in [-0.2, 0) is 9.59 Å². The standard InChI is InChI=1S/C14H24N4O3/c1-9(4-3-5-10(2)15)11(19)18-7-6-14(8-18)12(20)16-13(21)17-14/h9-10H,3-8,15H2,1-2H3,(H2,16,17,20,21). The molecule has 4 N–H and O–H groups in total. The number of rotatable bonds is 5. The second-order valence-corrected chi connectivity index (χ2v) is 6.31. The summed E-state index contributed by atoms with van der Waals surface area (Å²) in [6, 6.07) is -0.320. The number of hydrogen-bond donors (Lipinski definition) is 3. The van der Waals surface area contributed by atoms with Gasteiger partial charge in [-0.1, -0.05) is 13.3 Å². The lowest BCUT2D eigenvalue weighted by atomic mass is 9.99. The Morgan fingerprint density at radius 1 is 1.38 bits per heavy atom. The first kappa shape index (κ1) is 15.8. The van der Waals surface area contributed by atoms with Crippen molar-refractivity contribution in [1.82, 2.24) is 15.5 Å². The van der Waals surface area contributed by atoms with Crippen molar-refractivity contribution in [3.63, 3.8) is 0 Å². The van der Waals surface area contributed by atoms with Gasteiger partial charge < -0.3 is 16.0 Å². The van der Waals surface area contributed by atoms with E-state index >= 15 is 0 Å². The average molecular weight is 296 g/mol. The molecule has 0 aromatic rings. The van der Waals surface area contributed by atoms with Gasteiger partial charge in [0.25, 0.3) is 5.91 Å². The molecule has 0 saturated carbocycles. The minimum Gasteiger partial charge on any atom is -0.339 e. The van der Waals surface area contributed by atoms with Gasteiger partial charge in [0.05, 0.1) is 6.54 Å². The molecule has 0 bridgehead atoms. The van der Waals surface area contributed by atoms with Crippen molar-refractivity contribution < 1.29 is 14.4 Å². The number of carbonyl (C=O) groups excluding carboxylic acids is 3. The summed E-state index contributed by atoms with van der Waals surface area (Å²) in [5, 5.41) is 4.90. The van der Waals surface area contributed by atoms with Crippen LogP contribution < -0.4 is 16.4 Å². The van der Waals surface area contributed by atoms with E-state index in [0.29, 0.717) is 13.0 Å². The quantitative estimate of drug-likeness (QED) is 0.619. The first-order chi connectivity index (χ1) is 9.84. The van der Waals surface area contributed by atoms with E-state index in [4.69, 9.17) is 5.73 Å². The minimum absolute atomic E-state index is 0.0468. The third kappa shape index (κ3) is 3.34. The van der Waals surface area contributed by atoms with E-state index in [1.165, 1.54) is 0 Å². The number of hydrogen-bond acceptors (Lipinski definition) is 4. The zero-order valence-electron chi connectivity index (χ0n) is 12.6. The third-order valence-corrected chi connectivity index (χ3v) is 4.31. The summed E-state index contributed by atoms with van der Waals surface area (Å²) in [6.45, 7) is 4.63. The largest absolute Gasteiger partial charge is 0.339 e. The number of imide groups is 1. The number of amides is 4. The molecule has 21 heavy (non-hydrogen) atoms. The molecule has 2 rings (SSSR count). The van der Waals surface area contributed by atoms with Gasteiger partial charge in [-0.2, -0.15) is 0 Å². The fraction of sp³-hybridized carbons (Fsp3) is 0.786. The molecule has 0 aromatic carbocycles. The van der Waals surface area contributed by atoms with Crippen LogP contribution in [0.5, 0.6) is 0 Å². The van der Waals surface area contributed by atoms with Crippen molar-refractivity contribution in [3.05, 3.63) is 0 Å². The van der Waals surface area contributed by atoms with Crippen molar-refractivity contribution in [2.45, 2.75) is 51.1 Å². The van der Waals surface area contributed by atoms with Crippen molar-refractivity contribution >= 4 is 17.8 Å². The number of carbonyl (C=O) groups is 3. The molecule has 2 aliphatic heterocycles. The molecule has 7 heteroatoms. The molecule has 118 valence electrons. The molecule has 0 aliphatic carbocycles. The van der Waals surface area contributed by atoms with E-state index in [-0.39, 0.29) is 30.3 Å². The topological polar surface area (TPSA) is 105 Å². The van der Waals surface area contributed by atoms with E-state index in [1.54, 1.807) is 4.90 Å². The fourth-order valence-corrected chi connectivity index (χ4v) is 2.99. The molecule has 0 radical (unpaired) electrons. The van der Waals surface area contributed by atoms with Crippen LogP contribution in [0, 0.1) is 5.92 Å². The van der Waals surface area contributed by atoms with Gasteiger partial charge in [0.1, 0.15) is 5.54 Å². The van der Waals surface area contributed by atoms with Crippen LogP contribution in [0.4, 0.5) is 4.79 Å². The van der Waals surface area contributed by atoms with E-state index < -0.39 is 11.6 Å². The Hall–Kier alpha value is -1.63. The minimum atomic E-state index is -0.918. The maximum atomic E-state index is 12.4. The predicted octanol–water partition coefficient (Wildman–Crippen LogP) is -0.0495. The Labute approximate surface area is 124 Å². The molecule has 7 nitrogen and oxygen atoms in total. The summed E-state index contributed by atoms with van der Waals surface area (Å²) in [5.41, 5.74) is 4.79. The number of nitrogens with one attached hydrogen (secondary N) is 2. The Kier molecular flexibility index (Phi) is 4.51. The summed E-state index contributed by atoms with van der Waals surface area (Å²) in [6.07, 6.45) is 3.09. The molecule has 0 aromatic heterocycles. The summed E-state index contributed by atoms with van der Waals surface area (Å²) >= 11 is 0. The smallest absolute Gasteiger partial charge is 0.322 e. The Morgan fingerprint density at radius 3 is 2.67 bits per heavy atom. The highest BCUT2D eigenvalue weighted by Gasteiger charge is 2.51. The first-order valence-electron chi connectivity index (χ1n) is 7.52. The zero-order valence-corrected chi connectivity index (χ0v) is 12.6. The van der Waals surface area contributed by atoms with E-state index in [1.807, 2.05) is 13.8 Å². The normalized spacial score (nSPS) is 27.7. The Bertz CT molecular complexity index is 452. The molecule has 2 aliphatic rings. The van der Waals surface area contributed by atoms with Gasteiger partial charge in [0.2, 0.25) is 5.91 Å². The van der Waals surface area contributed by atoms with Gasteiger partial charge >= 0.3 is 6.03 Å². The van der Waals surface area contributed by atoms with Crippen molar-refractivity contribution in [2.24, 2.45) is 11.7 Å². The van der Waals surface area contributed by atoms with Gasteiger partial charge in [-0.25, -0.2) is 4.79 Å². The predicted molar refractivity (Wildman–Crippen MR) is 77.3 cm³/mol. The second-order valence-electron chi connectivity index (χ2n) is 6.31. The van der Waals surface area contributed by atoms with Crippen molar-refractivity contribution in [3.8, 4) is 0 Å². The van der Waals surface area contributed by atoms with Gasteiger partial charge in [-0.15, -0.1) is 0 Å². The molecule has 1 spiro atoms. The molecule has 2 fully saturated rings. The van der Waals surface area contributed by atoms with Crippen LogP contribution in [0.15, 0.2) is 0 Å². The van der Waals surface area contributed by atoms with Gasteiger partial charge in [-0.3, -0.25) is 14.9 Å². The lowest BCUT2D eigenvalue weighted by Crippen LogP contribution is -2.50. The van der Waals surface area contributed by atoms with Crippen LogP contribution in [-0.4, -0.2) is 47.4 Å². The molecule has 2 saturated heterocycles. The van der Waals surface area contributed by atoms with Crippen molar-refractivity contribution in [1.29, 1.82) is 0 Å². The summed E-state index contributed by atoms with van der Waals surface area (Å²) < 4.78 is 0. The molecule has 4 amide bonds. The number of nitrogens with zero attached hydrogens (tertiary/aromatic N) is 1. The molecular weight excluding hydrogens is 272 g/mol. The Morgan fingerprint density at radius 2 is 2.10 bits per heavy atom. The Balaban J connectivity index is 1.87. The van der Waals surface area contributed by atoms with Crippen LogP contribution in [0.25, 0.3) is 0 Å². The van der Waals surface area contributed by atoms with Gasteiger partial charge in [0, 0.05) is 18.5 Å². The maximum Gasteiger partial charge on any atom is 0.322 e. The molecule has 3 unspecified atom stereocenters. The van der Waals surface area contributed by atoms with E-state index in [2.05, 4.69) is 10.6 Å². The SMILES string of the molecule is CC(N)CCCC(C)C(=O)N1CCC2(C1)NC(=O)NC2=O. The van der Waals surface area contributed by atoms with Gasteiger partial charge in [0.15, 0.2) is 0 Å². The monoisotopic (exact) mass is 296 g/mol. The highest BCUT2D eigenvalue weighted by Crippen LogP contribution is 2.26. The highest BCUT2D eigenvalue weighted by atomic mass is 16.2. The van der Waals surface area contributed by atoms with Gasteiger partial charge in [-0.05, 0) is 26.2 Å². The summed E-state index contributed by atoms with van der Waals surface area (Å²) in [4.78, 5) is 37.2. The molecular formula is C14H24N4O3. The zero-order chi connectivity index (χ0) is 15.6. The third-order valence-electron chi connectivity index (χ3n) is 4.31. The first-order valence-corrected chi connectivity index (χ1v) is 7.52. The second kappa shape index (κ2) is 6.01. The molecule has 2 heterocycles. The number of likely N-dealkylation sites (tertiary alicyclic amines) is 1. The lowest BCUT2D eigenvalue weighted by Gasteiger charge is -2.23. The highest BCUT2D eigenvalue weighted by molar-refractivity contribution is 6.07. The average Bonchev–Trinajstić information content (AvgIpc) is 2.93. The molecule has 3 atom stereocenters. The van der Waals surface area contributed by atoms with Crippen LogP contribution >= 0.6 is 0 Å². The van der Waals surface area contributed by atoms with E-state index in [9.17, 15) is 14.4 Å². The van der Waals surface area contributed by atoms with Crippen LogP contribution in [0.3, 0.4) is 0 Å². The van der Waals surface area contributed by atoms with Crippen molar-refractivity contribution in [2.75, 3.05) is 13.1 Å². The fourth-order valence-electron chi connectivity index (χ4n) is 2.99. The van der Waals surface area contributed by atoms with Crippen LogP contribution in [0.1, 0.15) is 39.5 Å². The lowest BCUT2D eigenvalue weighted by molar-refractivity contribution is -0.134.